The normalized spacial score (nSPS) is 17.0. The highest BCUT2D eigenvalue weighted by Gasteiger charge is 2.38. The molecule has 1 saturated carbocycles. The van der Waals surface area contributed by atoms with Crippen LogP contribution in [-0.4, -0.2) is 92.2 Å². The summed E-state index contributed by atoms with van der Waals surface area (Å²) >= 11 is 0. The van der Waals surface area contributed by atoms with Gasteiger partial charge in [-0.15, -0.1) is 0 Å². The molecule has 1 aromatic heterocycles. The molecule has 280 valence electrons. The number of aromatic nitrogens is 2. The number of aliphatic hydroxyl groups excluding tert-OH is 3. The van der Waals surface area contributed by atoms with Gasteiger partial charge in [-0.05, 0) is 65.9 Å². The van der Waals surface area contributed by atoms with Crippen LogP contribution in [0.2, 0.25) is 0 Å². The second-order valence-electron chi connectivity index (χ2n) is 15.3. The smallest absolute Gasteiger partial charge is 0.421 e. The molecule has 1 fully saturated rings. The highest BCUT2D eigenvalue weighted by molar-refractivity contribution is 7.92. The second kappa shape index (κ2) is 17.7. The number of aliphatic hydroxyl groups is 3. The number of sulfone groups is 1. The number of carbonyl (C=O) groups excluding carboxylic acids is 3. The van der Waals surface area contributed by atoms with Crippen molar-refractivity contribution >= 4 is 33.7 Å². The molecule has 2 unspecified atom stereocenters. The number of benzene rings is 1. The van der Waals surface area contributed by atoms with E-state index in [9.17, 15) is 38.1 Å². The molecule has 0 spiro atoms. The van der Waals surface area contributed by atoms with Crippen LogP contribution in [0, 0.1) is 11.8 Å². The molecule has 14 heteroatoms. The minimum absolute atomic E-state index is 0.0970. The molecule has 0 bridgehead atoms. The SMILES string of the molecule is CC(C)(C)OC(=O)n1cc(CC(CS(=O)(=O)C(C)(C)C)C(=O)N[C@@H](CC2CCCCC2)[C@@H](O)C(O)CO)nc1NC(=O)CCc1ccccc1. The Bertz CT molecular complexity index is 1520. The van der Waals surface area contributed by atoms with E-state index >= 15 is 0 Å². The number of nitrogens with one attached hydrogen (secondary N) is 2. The lowest BCUT2D eigenvalue weighted by Crippen LogP contribution is -2.53. The average Bonchev–Trinajstić information content (AvgIpc) is 3.43. The molecule has 0 saturated heterocycles. The van der Waals surface area contributed by atoms with Crippen molar-refractivity contribution in [1.29, 1.82) is 0 Å². The fraction of sp³-hybridized carbons (Fsp3) is 0.667. The molecular weight excluding hydrogens is 664 g/mol. The van der Waals surface area contributed by atoms with Gasteiger partial charge in [0.25, 0.3) is 0 Å². The summed E-state index contributed by atoms with van der Waals surface area (Å²) in [4.78, 5) is 44.7. The maximum Gasteiger partial charge on any atom is 0.421 e. The first-order valence-electron chi connectivity index (χ1n) is 17.4. The number of nitrogens with zero attached hydrogens (tertiary/aromatic N) is 2. The summed E-state index contributed by atoms with van der Waals surface area (Å²) in [5, 5.41) is 36.3. The van der Waals surface area contributed by atoms with Crippen molar-refractivity contribution in [3.63, 3.8) is 0 Å². The zero-order chi connectivity index (χ0) is 37.3. The van der Waals surface area contributed by atoms with E-state index in [1.165, 1.54) is 27.0 Å². The van der Waals surface area contributed by atoms with Crippen LogP contribution in [0.3, 0.4) is 0 Å². The minimum atomic E-state index is -3.87. The van der Waals surface area contributed by atoms with E-state index in [1.54, 1.807) is 20.8 Å². The first-order valence-corrected chi connectivity index (χ1v) is 19.1. The number of aryl methyl sites for hydroxylation is 1. The summed E-state index contributed by atoms with van der Waals surface area (Å²) < 4.78 is 32.3. The van der Waals surface area contributed by atoms with Crippen molar-refractivity contribution in [2.75, 3.05) is 17.7 Å². The topological polar surface area (TPSA) is 197 Å². The number of ether oxygens (including phenoxy) is 1. The van der Waals surface area contributed by atoms with E-state index in [2.05, 4.69) is 15.6 Å². The van der Waals surface area contributed by atoms with E-state index in [1.807, 2.05) is 30.3 Å². The number of hydrogen-bond donors (Lipinski definition) is 5. The van der Waals surface area contributed by atoms with Crippen LogP contribution in [-0.2, 0) is 37.0 Å². The van der Waals surface area contributed by atoms with Gasteiger partial charge in [0.05, 0.1) is 34.8 Å². The highest BCUT2D eigenvalue weighted by Crippen LogP contribution is 2.29. The Morgan fingerprint density at radius 2 is 1.66 bits per heavy atom. The van der Waals surface area contributed by atoms with Crippen LogP contribution < -0.4 is 10.6 Å². The summed E-state index contributed by atoms with van der Waals surface area (Å²) in [6.45, 7) is 8.93. The predicted octanol–water partition coefficient (Wildman–Crippen LogP) is 3.78. The molecule has 13 nitrogen and oxygen atoms in total. The summed E-state index contributed by atoms with van der Waals surface area (Å²) in [6, 6.07) is 8.45. The molecule has 3 rings (SSSR count). The maximum atomic E-state index is 14.0. The van der Waals surface area contributed by atoms with E-state index in [0.29, 0.717) is 12.8 Å². The zero-order valence-electron chi connectivity index (χ0n) is 30.2. The summed E-state index contributed by atoms with van der Waals surface area (Å²) in [6.07, 6.45) is 2.99. The predicted molar refractivity (Wildman–Crippen MR) is 190 cm³/mol. The Balaban J connectivity index is 1.94. The number of amides is 2. The van der Waals surface area contributed by atoms with Gasteiger partial charge >= 0.3 is 6.09 Å². The van der Waals surface area contributed by atoms with Crippen molar-refractivity contribution < 1.29 is 42.9 Å². The third-order valence-corrected chi connectivity index (χ3v) is 11.6. The zero-order valence-corrected chi connectivity index (χ0v) is 31.0. The van der Waals surface area contributed by atoms with Gasteiger partial charge in [-0.2, -0.15) is 0 Å². The molecule has 2 amide bonds. The van der Waals surface area contributed by atoms with Crippen LogP contribution >= 0.6 is 0 Å². The lowest BCUT2D eigenvalue weighted by atomic mass is 9.83. The molecule has 1 aromatic carbocycles. The van der Waals surface area contributed by atoms with Gasteiger partial charge in [0.2, 0.25) is 17.8 Å². The summed E-state index contributed by atoms with van der Waals surface area (Å²) in [5.41, 5.74) is 0.219. The van der Waals surface area contributed by atoms with Gasteiger partial charge in [-0.1, -0.05) is 62.4 Å². The van der Waals surface area contributed by atoms with Crippen molar-refractivity contribution in [2.45, 2.75) is 128 Å². The molecular formula is C36H56N4O9S. The Morgan fingerprint density at radius 1 is 1.02 bits per heavy atom. The Hall–Kier alpha value is -3.33. The largest absolute Gasteiger partial charge is 0.443 e. The molecule has 5 N–H and O–H groups in total. The number of imidazole rings is 1. The molecule has 1 heterocycles. The van der Waals surface area contributed by atoms with Crippen molar-refractivity contribution in [1.82, 2.24) is 14.9 Å². The average molecular weight is 721 g/mol. The molecule has 2 aromatic rings. The number of rotatable bonds is 15. The number of carbonyl (C=O) groups is 3. The van der Waals surface area contributed by atoms with Crippen LogP contribution in [0.25, 0.3) is 0 Å². The first-order chi connectivity index (χ1) is 23.3. The number of anilines is 1. The third-order valence-electron chi connectivity index (χ3n) is 8.89. The van der Waals surface area contributed by atoms with Crippen LogP contribution in [0.1, 0.15) is 97.7 Å². The Kier molecular flexibility index (Phi) is 14.6. The van der Waals surface area contributed by atoms with Gasteiger partial charge in [0, 0.05) is 19.0 Å². The quantitative estimate of drug-likeness (QED) is 0.181. The van der Waals surface area contributed by atoms with Gasteiger partial charge in [0.15, 0.2) is 9.84 Å². The van der Waals surface area contributed by atoms with E-state index in [4.69, 9.17) is 4.74 Å². The fourth-order valence-corrected chi connectivity index (χ4v) is 7.19. The molecule has 0 radical (unpaired) electrons. The maximum absolute atomic E-state index is 14.0. The standard InChI is InChI=1S/C36H56N4O9S/c1-35(2,3)49-34(46)40-21-27(37-33(40)39-30(43)18-17-24-13-9-7-10-14-24)20-26(23-50(47,48)36(4,5)6)32(45)38-28(31(44)29(42)22-41)19-25-15-11-8-12-16-25/h7,9-10,13-14,21,25-26,28-29,31,41-42,44H,8,11-12,15-20,22-23H2,1-6H3,(H,38,45)(H,37,39,43)/t26?,28-,29?,31+/m0/s1. The highest BCUT2D eigenvalue weighted by atomic mass is 32.2. The van der Waals surface area contributed by atoms with Crippen LogP contribution in [0.15, 0.2) is 36.5 Å². The van der Waals surface area contributed by atoms with E-state index < -0.39 is 74.6 Å². The van der Waals surface area contributed by atoms with Crippen molar-refractivity contribution in [3.8, 4) is 0 Å². The molecule has 4 atom stereocenters. The van der Waals surface area contributed by atoms with Gasteiger partial charge in [-0.3, -0.25) is 14.9 Å². The first kappa shape index (κ1) is 41.1. The van der Waals surface area contributed by atoms with Crippen molar-refractivity contribution in [3.05, 3.63) is 47.8 Å². The summed E-state index contributed by atoms with van der Waals surface area (Å²) in [7, 11) is -3.87. The number of hydrogen-bond acceptors (Lipinski definition) is 10. The lowest BCUT2D eigenvalue weighted by molar-refractivity contribution is -0.127. The van der Waals surface area contributed by atoms with E-state index in [-0.39, 0.29) is 30.4 Å². The van der Waals surface area contributed by atoms with Crippen LogP contribution in [0.4, 0.5) is 10.7 Å². The van der Waals surface area contributed by atoms with Gasteiger partial charge in [-0.25, -0.2) is 22.8 Å². The Labute approximate surface area is 296 Å². The molecule has 1 aliphatic rings. The molecule has 50 heavy (non-hydrogen) atoms. The van der Waals surface area contributed by atoms with Gasteiger partial charge < -0.3 is 25.4 Å². The summed E-state index contributed by atoms with van der Waals surface area (Å²) in [5.74, 6) is -2.87. The fourth-order valence-electron chi connectivity index (χ4n) is 5.89. The Morgan fingerprint density at radius 3 is 2.24 bits per heavy atom. The lowest BCUT2D eigenvalue weighted by Gasteiger charge is -2.33. The van der Waals surface area contributed by atoms with Crippen molar-refractivity contribution in [2.24, 2.45) is 11.8 Å². The monoisotopic (exact) mass is 720 g/mol. The van der Waals surface area contributed by atoms with Gasteiger partial charge in [0.1, 0.15) is 17.8 Å². The molecule has 0 aliphatic heterocycles. The third kappa shape index (κ3) is 12.5. The minimum Gasteiger partial charge on any atom is -0.443 e. The van der Waals surface area contributed by atoms with E-state index in [0.717, 1.165) is 42.2 Å². The van der Waals surface area contributed by atoms with Crippen LogP contribution in [0.5, 0.6) is 0 Å². The second-order valence-corrected chi connectivity index (χ2v) is 18.1. The molecule has 1 aliphatic carbocycles.